The van der Waals surface area contributed by atoms with E-state index in [1.54, 1.807) is 0 Å². The summed E-state index contributed by atoms with van der Waals surface area (Å²) < 4.78 is 4.25. The summed E-state index contributed by atoms with van der Waals surface area (Å²) in [4.78, 5) is 6.71. The molecule has 84 valence electrons. The molecule has 1 saturated heterocycles. The Kier molecular flexibility index (Phi) is 3.50. The summed E-state index contributed by atoms with van der Waals surface area (Å²) in [6.45, 7) is 6.36. The smallest absolute Gasteiger partial charge is 0.217 e. The average molecular weight is 227 g/mol. The fraction of sp³-hybridized carbons (Fsp3) is 0.778. The van der Waals surface area contributed by atoms with E-state index in [-0.39, 0.29) is 0 Å². The molecule has 1 fully saturated rings. The van der Waals surface area contributed by atoms with Crippen LogP contribution in [0.15, 0.2) is 0 Å². The second-order valence-corrected chi connectivity index (χ2v) is 4.52. The molecular weight excluding hydrogens is 210 g/mol. The molecule has 6 heteroatoms. The molecule has 0 atom stereocenters. The van der Waals surface area contributed by atoms with E-state index in [0.29, 0.717) is 0 Å². The summed E-state index contributed by atoms with van der Waals surface area (Å²) >= 11 is 1.44. The highest BCUT2D eigenvalue weighted by Gasteiger charge is 2.14. The Labute approximate surface area is 94.2 Å². The van der Waals surface area contributed by atoms with Crippen molar-refractivity contribution in [2.45, 2.75) is 13.3 Å². The van der Waals surface area contributed by atoms with Crippen molar-refractivity contribution in [3.05, 3.63) is 5.82 Å². The van der Waals surface area contributed by atoms with Gasteiger partial charge in [0.1, 0.15) is 5.82 Å². The van der Waals surface area contributed by atoms with Gasteiger partial charge in [0.25, 0.3) is 0 Å². The van der Waals surface area contributed by atoms with Gasteiger partial charge in [0.2, 0.25) is 5.13 Å². The molecule has 5 nitrogen and oxygen atoms in total. The minimum atomic E-state index is 0.904. The van der Waals surface area contributed by atoms with Crippen molar-refractivity contribution in [3.63, 3.8) is 0 Å². The number of hydrogen-bond donors (Lipinski definition) is 1. The van der Waals surface area contributed by atoms with Crippen LogP contribution in [0.3, 0.4) is 0 Å². The zero-order valence-electron chi connectivity index (χ0n) is 9.23. The molecule has 15 heavy (non-hydrogen) atoms. The molecule has 0 spiro atoms. The van der Waals surface area contributed by atoms with E-state index in [0.717, 1.165) is 43.6 Å². The van der Waals surface area contributed by atoms with E-state index < -0.39 is 0 Å². The van der Waals surface area contributed by atoms with Crippen LogP contribution in [0.1, 0.15) is 12.7 Å². The van der Waals surface area contributed by atoms with Crippen LogP contribution in [0.5, 0.6) is 0 Å². The zero-order chi connectivity index (χ0) is 10.7. The van der Waals surface area contributed by atoms with Crippen LogP contribution in [0, 0.1) is 0 Å². The third kappa shape index (κ3) is 2.87. The van der Waals surface area contributed by atoms with E-state index in [1.165, 1.54) is 11.5 Å². The van der Waals surface area contributed by atoms with E-state index in [2.05, 4.69) is 38.7 Å². The highest BCUT2D eigenvalue weighted by Crippen LogP contribution is 2.12. The number of anilines is 1. The second-order valence-electron chi connectivity index (χ2n) is 3.77. The van der Waals surface area contributed by atoms with Gasteiger partial charge in [-0.1, -0.05) is 6.92 Å². The van der Waals surface area contributed by atoms with Gasteiger partial charge >= 0.3 is 0 Å². The van der Waals surface area contributed by atoms with Crippen LogP contribution in [0.4, 0.5) is 5.13 Å². The second kappa shape index (κ2) is 4.87. The van der Waals surface area contributed by atoms with Gasteiger partial charge in [-0.2, -0.15) is 4.37 Å². The van der Waals surface area contributed by atoms with Crippen molar-refractivity contribution in [2.75, 3.05) is 38.7 Å². The molecule has 2 heterocycles. The van der Waals surface area contributed by atoms with E-state index >= 15 is 0 Å². The van der Waals surface area contributed by atoms with Crippen LogP contribution in [0.2, 0.25) is 0 Å². The summed E-state index contributed by atoms with van der Waals surface area (Å²) in [5.74, 6) is 0.927. The lowest BCUT2D eigenvalue weighted by molar-refractivity contribution is 0.179. The van der Waals surface area contributed by atoms with Crippen molar-refractivity contribution in [2.24, 2.45) is 0 Å². The Bertz CT molecular complexity index is 305. The van der Waals surface area contributed by atoms with Crippen molar-refractivity contribution < 1.29 is 0 Å². The van der Waals surface area contributed by atoms with Gasteiger partial charge in [-0.25, -0.2) is 9.99 Å². The highest BCUT2D eigenvalue weighted by molar-refractivity contribution is 7.09. The standard InChI is InChI=1S/C9H17N5S/c1-3-8-10-9(15-12-8)11-14-6-4-13(2)5-7-14/h3-7H2,1-2H3,(H,10,11,12). The fourth-order valence-electron chi connectivity index (χ4n) is 1.50. The largest absolute Gasteiger partial charge is 0.304 e. The van der Waals surface area contributed by atoms with Crippen LogP contribution >= 0.6 is 11.5 Å². The maximum atomic E-state index is 4.38. The molecule has 0 aliphatic carbocycles. The van der Waals surface area contributed by atoms with Crippen LogP contribution in [0.25, 0.3) is 0 Å². The van der Waals surface area contributed by atoms with Gasteiger partial charge in [-0.3, -0.25) is 5.43 Å². The molecule has 0 aromatic carbocycles. The molecule has 1 aliphatic heterocycles. The van der Waals surface area contributed by atoms with Crippen LogP contribution < -0.4 is 5.43 Å². The predicted molar refractivity (Wildman–Crippen MR) is 62.0 cm³/mol. The summed E-state index contributed by atoms with van der Waals surface area (Å²) in [5.41, 5.74) is 3.31. The van der Waals surface area contributed by atoms with E-state index in [1.807, 2.05) is 0 Å². The normalized spacial score (nSPS) is 19.3. The maximum absolute atomic E-state index is 4.38. The van der Waals surface area contributed by atoms with Gasteiger partial charge in [-0.15, -0.1) is 0 Å². The Morgan fingerprint density at radius 2 is 2.07 bits per heavy atom. The molecule has 0 amide bonds. The van der Waals surface area contributed by atoms with Crippen molar-refractivity contribution in [3.8, 4) is 0 Å². The van der Waals surface area contributed by atoms with Crippen molar-refractivity contribution >= 4 is 16.7 Å². The first-order valence-corrected chi connectivity index (χ1v) is 6.08. The number of rotatable bonds is 3. The molecule has 1 aliphatic rings. The third-order valence-electron chi connectivity index (χ3n) is 2.54. The lowest BCUT2D eigenvalue weighted by Gasteiger charge is -2.32. The minimum absolute atomic E-state index is 0.904. The summed E-state index contributed by atoms with van der Waals surface area (Å²) in [6.07, 6.45) is 0.904. The summed E-state index contributed by atoms with van der Waals surface area (Å²) in [7, 11) is 2.15. The molecule has 0 bridgehead atoms. The molecule has 1 aromatic rings. The number of nitrogens with zero attached hydrogens (tertiary/aromatic N) is 4. The molecule has 1 N–H and O–H groups in total. The van der Waals surface area contributed by atoms with Gasteiger partial charge in [0.05, 0.1) is 0 Å². The predicted octanol–water partition coefficient (Wildman–Crippen LogP) is 0.675. The van der Waals surface area contributed by atoms with Gasteiger partial charge in [0, 0.05) is 44.1 Å². The number of piperazine rings is 1. The third-order valence-corrected chi connectivity index (χ3v) is 3.20. The molecule has 2 rings (SSSR count). The SMILES string of the molecule is CCc1nsc(NN2CCN(C)CC2)n1. The van der Waals surface area contributed by atoms with E-state index in [9.17, 15) is 0 Å². The number of aromatic nitrogens is 2. The Morgan fingerprint density at radius 1 is 1.33 bits per heavy atom. The number of likely N-dealkylation sites (N-methyl/N-ethyl adjacent to an activating group) is 1. The summed E-state index contributed by atoms with van der Waals surface area (Å²) in [5, 5.41) is 3.12. The van der Waals surface area contributed by atoms with Crippen molar-refractivity contribution in [1.82, 2.24) is 19.3 Å². The highest BCUT2D eigenvalue weighted by atomic mass is 32.1. The number of nitrogens with one attached hydrogen (secondary N) is 1. The van der Waals surface area contributed by atoms with E-state index in [4.69, 9.17) is 0 Å². The van der Waals surface area contributed by atoms with Gasteiger partial charge in [-0.05, 0) is 7.05 Å². The molecule has 0 unspecified atom stereocenters. The Balaban J connectivity index is 1.86. The first-order valence-electron chi connectivity index (χ1n) is 5.30. The Morgan fingerprint density at radius 3 is 2.67 bits per heavy atom. The van der Waals surface area contributed by atoms with Gasteiger partial charge < -0.3 is 4.90 Å². The quantitative estimate of drug-likeness (QED) is 0.822. The Hall–Kier alpha value is -0.720. The van der Waals surface area contributed by atoms with Crippen LogP contribution in [-0.4, -0.2) is 52.5 Å². The monoisotopic (exact) mass is 227 g/mol. The summed E-state index contributed by atoms with van der Waals surface area (Å²) in [6, 6.07) is 0. The molecule has 0 saturated carbocycles. The maximum Gasteiger partial charge on any atom is 0.217 e. The van der Waals surface area contributed by atoms with Crippen molar-refractivity contribution in [1.29, 1.82) is 0 Å². The first-order chi connectivity index (χ1) is 7.28. The minimum Gasteiger partial charge on any atom is -0.304 e. The van der Waals surface area contributed by atoms with Gasteiger partial charge in [0.15, 0.2) is 0 Å². The molecular formula is C9H17N5S. The lowest BCUT2D eigenvalue weighted by Crippen LogP contribution is -2.46. The average Bonchev–Trinajstić information content (AvgIpc) is 2.69. The number of hydrazine groups is 1. The number of aryl methyl sites for hydroxylation is 1. The topological polar surface area (TPSA) is 44.3 Å². The van der Waals surface area contributed by atoms with Crippen LogP contribution in [-0.2, 0) is 6.42 Å². The molecule has 0 radical (unpaired) electrons. The first kappa shape index (κ1) is 10.8. The number of hydrogen-bond acceptors (Lipinski definition) is 6. The zero-order valence-corrected chi connectivity index (χ0v) is 10.0. The lowest BCUT2D eigenvalue weighted by atomic mass is 10.4. The fourth-order valence-corrected chi connectivity index (χ4v) is 2.17. The molecule has 1 aromatic heterocycles.